The Bertz CT molecular complexity index is 1800. The van der Waals surface area contributed by atoms with Crippen molar-refractivity contribution in [3.63, 3.8) is 0 Å². The zero-order chi connectivity index (χ0) is 39.2. The Balaban J connectivity index is 1.01. The fourth-order valence-electron chi connectivity index (χ4n) is 8.52. The standard InChI is InChI=1S/C38H49F3N8O6/c1-54-34(52)45-23-31(50)42-18-4-3-7-30-43-21-27(46-30)24-8-10-25(11-9-24)36-12-15-37(16-13-36,17-14-36)29-22-44-32(48-29)28-6-5-19-49(28)33(51)26(20-38(39,40)41)47-35(53)55-2/h8-11,21-22,26,28H,3-7,12-20,23H2,1-2H3,(H,42,50)(H,43,46)(H,44,48)(H,45,52)(H,47,53). The molecule has 2 bridgehead atoms. The SMILES string of the molecule is COC(=O)NCC(=O)NCCCCc1ncc(-c2ccc(C34CCC(c5cnc(C6CCCN6C(=O)C(CC(F)(F)F)NC(=O)OC)[nH]5)(CC3)CC4)cc2)[nH]1. The third-order valence-electron chi connectivity index (χ3n) is 11.7. The van der Waals surface area contributed by atoms with Crippen molar-refractivity contribution in [2.75, 3.05) is 33.9 Å². The molecule has 0 spiro atoms. The maximum Gasteiger partial charge on any atom is 0.407 e. The first-order valence-corrected chi connectivity index (χ1v) is 18.8. The van der Waals surface area contributed by atoms with Gasteiger partial charge in [-0.05, 0) is 80.8 Å². The number of H-pyrrole nitrogens is 2. The van der Waals surface area contributed by atoms with Gasteiger partial charge in [-0.25, -0.2) is 19.6 Å². The molecule has 4 fully saturated rings. The molecule has 4 amide bonds. The second kappa shape index (κ2) is 16.7. The molecule has 3 saturated carbocycles. The number of halogens is 3. The fourth-order valence-corrected chi connectivity index (χ4v) is 8.52. The predicted molar refractivity (Wildman–Crippen MR) is 194 cm³/mol. The topological polar surface area (TPSA) is 183 Å². The maximum atomic E-state index is 13.4. The molecule has 5 N–H and O–H groups in total. The number of ether oxygens (including phenoxy) is 2. The lowest BCUT2D eigenvalue weighted by Crippen LogP contribution is -2.50. The van der Waals surface area contributed by atoms with E-state index in [0.29, 0.717) is 25.2 Å². The molecular weight excluding hydrogens is 721 g/mol. The highest BCUT2D eigenvalue weighted by atomic mass is 19.4. The van der Waals surface area contributed by atoms with Gasteiger partial charge in [0.15, 0.2) is 0 Å². The first-order valence-electron chi connectivity index (χ1n) is 18.8. The summed E-state index contributed by atoms with van der Waals surface area (Å²) in [5.74, 6) is 0.367. The number of likely N-dealkylation sites (tertiary alicyclic amines) is 1. The number of alkyl carbamates (subject to hydrolysis) is 2. The first kappa shape index (κ1) is 39.6. The molecule has 0 radical (unpaired) electrons. The van der Waals surface area contributed by atoms with Gasteiger partial charge < -0.3 is 40.3 Å². The third kappa shape index (κ3) is 9.24. The normalized spacial score (nSPS) is 22.6. The molecule has 3 aliphatic carbocycles. The van der Waals surface area contributed by atoms with Crippen molar-refractivity contribution in [1.29, 1.82) is 0 Å². The summed E-state index contributed by atoms with van der Waals surface area (Å²) in [5.41, 5.74) is 4.35. The molecule has 2 aromatic heterocycles. The summed E-state index contributed by atoms with van der Waals surface area (Å²) in [7, 11) is 2.28. The van der Waals surface area contributed by atoms with Gasteiger partial charge in [-0.15, -0.1) is 0 Å². The third-order valence-corrected chi connectivity index (χ3v) is 11.7. The maximum absolute atomic E-state index is 13.4. The van der Waals surface area contributed by atoms with Crippen LogP contribution in [0.5, 0.6) is 0 Å². The molecule has 298 valence electrons. The monoisotopic (exact) mass is 770 g/mol. The van der Waals surface area contributed by atoms with Crippen LogP contribution in [0.4, 0.5) is 22.8 Å². The number of hydrogen-bond acceptors (Lipinski definition) is 8. The lowest BCUT2D eigenvalue weighted by atomic mass is 9.51. The summed E-state index contributed by atoms with van der Waals surface area (Å²) in [6.45, 7) is 0.644. The van der Waals surface area contributed by atoms with Crippen LogP contribution in [0.3, 0.4) is 0 Å². The number of benzene rings is 1. The van der Waals surface area contributed by atoms with E-state index in [1.807, 2.05) is 12.4 Å². The van der Waals surface area contributed by atoms with Crippen molar-refractivity contribution in [3.05, 3.63) is 59.6 Å². The lowest BCUT2D eigenvalue weighted by Gasteiger charge is -2.53. The van der Waals surface area contributed by atoms with Gasteiger partial charge in [-0.3, -0.25) is 9.59 Å². The van der Waals surface area contributed by atoms with Crippen LogP contribution in [-0.4, -0.2) is 94.9 Å². The number of amides is 4. The number of methoxy groups -OCH3 is 2. The number of nitrogens with zero attached hydrogens (tertiary/aromatic N) is 3. The zero-order valence-corrected chi connectivity index (χ0v) is 31.2. The van der Waals surface area contributed by atoms with E-state index < -0.39 is 42.8 Å². The Kier molecular flexibility index (Phi) is 12.0. The largest absolute Gasteiger partial charge is 0.453 e. The van der Waals surface area contributed by atoms with Crippen LogP contribution in [0.2, 0.25) is 0 Å². The van der Waals surface area contributed by atoms with E-state index >= 15 is 0 Å². The number of aromatic amines is 2. The minimum Gasteiger partial charge on any atom is -0.453 e. The van der Waals surface area contributed by atoms with E-state index in [1.165, 1.54) is 17.6 Å². The number of aryl methyl sites for hydroxylation is 1. The zero-order valence-electron chi connectivity index (χ0n) is 31.2. The number of fused-ring (bicyclic) bond motifs is 3. The summed E-state index contributed by atoms with van der Waals surface area (Å²) >= 11 is 0. The average Bonchev–Trinajstić information content (AvgIpc) is 3.98. The van der Waals surface area contributed by atoms with E-state index in [9.17, 15) is 32.3 Å². The van der Waals surface area contributed by atoms with Gasteiger partial charge >= 0.3 is 18.4 Å². The van der Waals surface area contributed by atoms with Crippen molar-refractivity contribution >= 4 is 24.0 Å². The minimum atomic E-state index is -4.66. The van der Waals surface area contributed by atoms with E-state index in [0.717, 1.165) is 87.7 Å². The van der Waals surface area contributed by atoms with Gasteiger partial charge in [-0.2, -0.15) is 13.2 Å². The Morgan fingerprint density at radius 3 is 2.27 bits per heavy atom. The number of imidazole rings is 2. The molecule has 3 heterocycles. The average molecular weight is 771 g/mol. The Morgan fingerprint density at radius 1 is 0.909 bits per heavy atom. The van der Waals surface area contributed by atoms with Crippen molar-refractivity contribution in [2.45, 2.75) is 106 Å². The molecule has 1 aliphatic heterocycles. The second-order valence-electron chi connectivity index (χ2n) is 14.9. The van der Waals surface area contributed by atoms with Crippen molar-refractivity contribution in [3.8, 4) is 11.3 Å². The molecule has 2 unspecified atom stereocenters. The van der Waals surface area contributed by atoms with Crippen LogP contribution in [0.25, 0.3) is 11.3 Å². The molecular formula is C38H49F3N8O6. The van der Waals surface area contributed by atoms with Crippen molar-refractivity contribution < 1.29 is 41.8 Å². The van der Waals surface area contributed by atoms with Crippen molar-refractivity contribution in [1.82, 2.24) is 40.8 Å². The number of aromatic nitrogens is 4. The number of unbranched alkanes of at least 4 members (excludes halogenated alkanes) is 1. The van der Waals surface area contributed by atoms with E-state index in [4.69, 9.17) is 0 Å². The van der Waals surface area contributed by atoms with E-state index in [1.54, 1.807) is 0 Å². The summed E-state index contributed by atoms with van der Waals surface area (Å²) in [6.07, 6.45) is 5.28. The number of nitrogens with one attached hydrogen (secondary N) is 5. The van der Waals surface area contributed by atoms with Crippen molar-refractivity contribution in [2.24, 2.45) is 0 Å². The Labute approximate surface area is 317 Å². The molecule has 55 heavy (non-hydrogen) atoms. The smallest absolute Gasteiger partial charge is 0.407 e. The second-order valence-corrected chi connectivity index (χ2v) is 14.9. The number of rotatable bonds is 14. The molecule has 14 nitrogen and oxygen atoms in total. The van der Waals surface area contributed by atoms with Gasteiger partial charge in [0.05, 0.1) is 45.1 Å². The number of hydrogen-bond donors (Lipinski definition) is 5. The molecule has 17 heteroatoms. The van der Waals surface area contributed by atoms with Gasteiger partial charge in [0.1, 0.15) is 17.7 Å². The van der Waals surface area contributed by atoms with Crippen LogP contribution in [0.1, 0.15) is 99.6 Å². The van der Waals surface area contributed by atoms with Crippen LogP contribution in [0, 0.1) is 0 Å². The summed E-state index contributed by atoms with van der Waals surface area (Å²) in [6, 6.07) is 6.45. The lowest BCUT2D eigenvalue weighted by molar-refractivity contribution is -0.154. The van der Waals surface area contributed by atoms with Crippen LogP contribution < -0.4 is 16.0 Å². The predicted octanol–water partition coefficient (Wildman–Crippen LogP) is 5.48. The number of carbonyl (C=O) groups excluding carboxylic acids is 4. The van der Waals surface area contributed by atoms with E-state index in [-0.39, 0.29) is 29.8 Å². The molecule has 1 saturated heterocycles. The fraction of sp³-hybridized carbons (Fsp3) is 0.579. The van der Waals surface area contributed by atoms with Gasteiger partial charge in [0.2, 0.25) is 11.8 Å². The Hall–Kier alpha value is -5.09. The molecule has 2 atom stereocenters. The van der Waals surface area contributed by atoms with Gasteiger partial charge in [0.25, 0.3) is 0 Å². The molecule has 3 aromatic rings. The minimum absolute atomic E-state index is 0.0781. The first-order chi connectivity index (χ1) is 26.3. The molecule has 1 aromatic carbocycles. The van der Waals surface area contributed by atoms with E-state index in [2.05, 4.69) is 69.6 Å². The molecule has 7 rings (SSSR count). The molecule has 4 aliphatic rings. The summed E-state index contributed by atoms with van der Waals surface area (Å²) < 4.78 is 49.0. The Morgan fingerprint density at radius 2 is 1.60 bits per heavy atom. The number of carbonyl (C=O) groups is 4. The highest BCUT2D eigenvalue weighted by molar-refractivity contribution is 5.86. The van der Waals surface area contributed by atoms with Gasteiger partial charge in [-0.1, -0.05) is 24.3 Å². The summed E-state index contributed by atoms with van der Waals surface area (Å²) in [4.78, 5) is 65.6. The summed E-state index contributed by atoms with van der Waals surface area (Å²) in [5, 5.41) is 7.18. The highest BCUT2D eigenvalue weighted by Crippen LogP contribution is 2.58. The van der Waals surface area contributed by atoms with Crippen LogP contribution >= 0.6 is 0 Å². The quantitative estimate of drug-likeness (QED) is 0.134. The van der Waals surface area contributed by atoms with Crippen LogP contribution in [-0.2, 0) is 36.3 Å². The number of alkyl halides is 3. The van der Waals surface area contributed by atoms with Crippen LogP contribution in [0.15, 0.2) is 36.7 Å². The highest BCUT2D eigenvalue weighted by Gasteiger charge is 2.51. The van der Waals surface area contributed by atoms with Gasteiger partial charge in [0, 0.05) is 36.8 Å².